The molecule has 0 saturated carbocycles. The molecule has 1 fully saturated rings. The van der Waals surface area contributed by atoms with Crippen molar-refractivity contribution in [2.45, 2.75) is 44.3 Å². The molecule has 15 heteroatoms. The number of tetrazole rings is 1. The highest BCUT2D eigenvalue weighted by atomic mass is 19.4. The second-order valence-electron chi connectivity index (χ2n) is 9.54. The Kier molecular flexibility index (Phi) is 8.66. The number of alkyl halides is 6. The van der Waals surface area contributed by atoms with Gasteiger partial charge in [0.25, 0.3) is 5.95 Å². The first-order valence-electron chi connectivity index (χ1n) is 12.2. The van der Waals surface area contributed by atoms with E-state index in [0.29, 0.717) is 30.8 Å². The Hall–Kier alpha value is -3.30. The summed E-state index contributed by atoms with van der Waals surface area (Å²) in [5, 5.41) is 12.6. The molecule has 8 nitrogen and oxygen atoms in total. The van der Waals surface area contributed by atoms with Crippen LogP contribution in [0.1, 0.15) is 41.3 Å². The van der Waals surface area contributed by atoms with Crippen molar-refractivity contribution >= 4 is 5.95 Å². The topological polar surface area (TPSA) is 68.5 Å². The van der Waals surface area contributed by atoms with Crippen molar-refractivity contribution in [3.8, 4) is 0 Å². The summed E-state index contributed by atoms with van der Waals surface area (Å²) < 4.78 is 106. The van der Waals surface area contributed by atoms with Crippen LogP contribution in [0.3, 0.4) is 0 Å². The van der Waals surface area contributed by atoms with E-state index >= 15 is 0 Å². The van der Waals surface area contributed by atoms with Crippen LogP contribution in [0.15, 0.2) is 42.5 Å². The van der Waals surface area contributed by atoms with E-state index in [4.69, 9.17) is 9.47 Å². The van der Waals surface area contributed by atoms with E-state index in [0.717, 1.165) is 0 Å². The van der Waals surface area contributed by atoms with Crippen LogP contribution in [-0.2, 0) is 28.4 Å². The molecule has 0 radical (unpaired) electrons. The molecule has 3 aromatic rings. The summed E-state index contributed by atoms with van der Waals surface area (Å²) in [7, 11) is 3.77. The molecule has 1 aliphatic rings. The number of likely N-dealkylation sites (N-methyl/N-ethyl adjacent to an activating group) is 1. The predicted octanol–water partition coefficient (Wildman–Crippen LogP) is 5.09. The summed E-state index contributed by atoms with van der Waals surface area (Å²) in [5.74, 6) is -0.301. The molecular formula is C25H27F7N6O2. The number of halogens is 7. The van der Waals surface area contributed by atoms with Crippen LogP contribution in [0.5, 0.6) is 0 Å². The van der Waals surface area contributed by atoms with Gasteiger partial charge in [-0.1, -0.05) is 17.2 Å². The number of aromatic nitrogens is 4. The van der Waals surface area contributed by atoms with E-state index in [-0.39, 0.29) is 30.7 Å². The Balaban J connectivity index is 1.67. The van der Waals surface area contributed by atoms with Crippen LogP contribution >= 0.6 is 0 Å². The molecule has 1 aliphatic heterocycles. The summed E-state index contributed by atoms with van der Waals surface area (Å²) in [5.41, 5.74) is -2.74. The van der Waals surface area contributed by atoms with E-state index in [1.807, 2.05) is 19.0 Å². The summed E-state index contributed by atoms with van der Waals surface area (Å²) in [6.45, 7) is 2.75. The molecule has 4 rings (SSSR count). The van der Waals surface area contributed by atoms with Gasteiger partial charge in [0.15, 0.2) is 6.29 Å². The largest absolute Gasteiger partial charge is 0.416 e. The molecule has 40 heavy (non-hydrogen) atoms. The highest BCUT2D eigenvalue weighted by Gasteiger charge is 2.40. The average molecular weight is 577 g/mol. The van der Waals surface area contributed by atoms with E-state index in [1.54, 1.807) is 4.90 Å². The molecule has 0 N–H and O–H groups in total. The number of nitrogens with zero attached hydrogens (tertiary/aromatic N) is 6. The maximum atomic E-state index is 13.7. The first kappa shape index (κ1) is 29.7. The van der Waals surface area contributed by atoms with Gasteiger partial charge in [-0.15, -0.1) is 5.10 Å². The van der Waals surface area contributed by atoms with Crippen LogP contribution in [0.25, 0.3) is 0 Å². The smallest absolute Gasteiger partial charge is 0.348 e. The minimum atomic E-state index is -5.01. The summed E-state index contributed by atoms with van der Waals surface area (Å²) in [6.07, 6.45) is -12.4. The number of morpholine rings is 1. The van der Waals surface area contributed by atoms with Crippen LogP contribution in [0, 0.1) is 5.82 Å². The van der Waals surface area contributed by atoms with Gasteiger partial charge >= 0.3 is 12.4 Å². The van der Waals surface area contributed by atoms with Gasteiger partial charge in [0.05, 0.1) is 30.4 Å². The van der Waals surface area contributed by atoms with Crippen molar-refractivity contribution in [1.29, 1.82) is 0 Å². The van der Waals surface area contributed by atoms with Gasteiger partial charge in [-0.2, -0.15) is 31.1 Å². The zero-order valence-corrected chi connectivity index (χ0v) is 21.7. The lowest BCUT2D eigenvalue weighted by molar-refractivity contribution is -0.192. The van der Waals surface area contributed by atoms with E-state index in [1.165, 1.54) is 36.0 Å². The highest BCUT2D eigenvalue weighted by Crippen LogP contribution is 2.40. The SMILES string of the molecule is CC(OC1OCCN(c2nnn(CCN(C)C)n2)C1c1ccc(F)cc1)c1cc(C(F)(F)F)cc(C(F)(F)F)c1. The van der Waals surface area contributed by atoms with Crippen molar-refractivity contribution in [1.82, 2.24) is 25.1 Å². The van der Waals surface area contributed by atoms with Gasteiger partial charge in [0.2, 0.25) is 0 Å². The molecule has 0 aliphatic carbocycles. The summed E-state index contributed by atoms with van der Waals surface area (Å²) >= 11 is 0. The Bertz CT molecular complexity index is 1250. The third-order valence-electron chi connectivity index (χ3n) is 6.28. The van der Waals surface area contributed by atoms with E-state index in [9.17, 15) is 30.7 Å². The number of hydrogen-bond donors (Lipinski definition) is 0. The maximum absolute atomic E-state index is 13.7. The van der Waals surface area contributed by atoms with Crippen LogP contribution in [0.4, 0.5) is 36.7 Å². The van der Waals surface area contributed by atoms with Crippen molar-refractivity contribution in [2.24, 2.45) is 0 Å². The van der Waals surface area contributed by atoms with Crippen LogP contribution in [-0.4, -0.2) is 65.2 Å². The Labute approximate surface area is 225 Å². The van der Waals surface area contributed by atoms with Crippen molar-refractivity contribution in [2.75, 3.05) is 38.7 Å². The van der Waals surface area contributed by atoms with Gasteiger partial charge in [0.1, 0.15) is 11.9 Å². The second-order valence-corrected chi connectivity index (χ2v) is 9.54. The molecule has 1 aromatic heterocycles. The quantitative estimate of drug-likeness (QED) is 0.346. The third kappa shape index (κ3) is 7.06. The molecule has 2 aromatic carbocycles. The summed E-state index contributed by atoms with van der Waals surface area (Å²) in [4.78, 5) is 5.02. The molecule has 0 bridgehead atoms. The lowest BCUT2D eigenvalue weighted by Crippen LogP contribution is -2.47. The monoisotopic (exact) mass is 576 g/mol. The molecule has 0 spiro atoms. The first-order chi connectivity index (χ1) is 18.7. The molecular weight excluding hydrogens is 549 g/mol. The van der Waals surface area contributed by atoms with E-state index < -0.39 is 47.7 Å². The number of ether oxygens (including phenoxy) is 2. The van der Waals surface area contributed by atoms with Gasteiger partial charge in [-0.25, -0.2) is 4.39 Å². The predicted molar refractivity (Wildman–Crippen MR) is 129 cm³/mol. The zero-order valence-electron chi connectivity index (χ0n) is 21.7. The van der Waals surface area contributed by atoms with Crippen molar-refractivity contribution in [3.05, 3.63) is 70.5 Å². The number of anilines is 1. The van der Waals surface area contributed by atoms with Crippen molar-refractivity contribution in [3.63, 3.8) is 0 Å². The third-order valence-corrected chi connectivity index (χ3v) is 6.28. The number of rotatable bonds is 8. The van der Waals surface area contributed by atoms with Crippen molar-refractivity contribution < 1.29 is 40.2 Å². The lowest BCUT2D eigenvalue weighted by atomic mass is 10.0. The minimum Gasteiger partial charge on any atom is -0.348 e. The highest BCUT2D eigenvalue weighted by molar-refractivity contribution is 5.37. The van der Waals surface area contributed by atoms with Gasteiger partial charge in [-0.3, -0.25) is 0 Å². The maximum Gasteiger partial charge on any atom is 0.416 e. The molecule has 218 valence electrons. The van der Waals surface area contributed by atoms with Crippen LogP contribution < -0.4 is 4.90 Å². The normalized spacial score (nSPS) is 19.3. The van der Waals surface area contributed by atoms with Gasteiger partial charge in [-0.05, 0) is 67.7 Å². The molecule has 1 saturated heterocycles. The Morgan fingerprint density at radius 1 is 1.02 bits per heavy atom. The average Bonchev–Trinajstić information content (AvgIpc) is 3.36. The number of benzene rings is 2. The molecule has 3 unspecified atom stereocenters. The minimum absolute atomic E-state index is 0.0572. The first-order valence-corrected chi connectivity index (χ1v) is 12.2. The fraction of sp³-hybridized carbons (Fsp3) is 0.480. The Morgan fingerprint density at radius 2 is 1.65 bits per heavy atom. The van der Waals surface area contributed by atoms with Gasteiger partial charge in [0, 0.05) is 13.1 Å². The fourth-order valence-corrected chi connectivity index (χ4v) is 4.21. The standard InChI is InChI=1S/C25H27F7N6O2/c1-15(17-12-18(24(27,28)29)14-19(13-17)25(30,31)32)40-22-21(16-4-6-20(26)7-5-16)37(10-11-39-22)23-33-35-38(34-23)9-8-36(2)3/h4-7,12-15,21-22H,8-11H2,1-3H3. The molecule has 2 heterocycles. The van der Waals surface area contributed by atoms with Crippen LogP contribution in [0.2, 0.25) is 0 Å². The number of hydrogen-bond acceptors (Lipinski definition) is 7. The lowest BCUT2D eigenvalue weighted by Gasteiger charge is -2.41. The molecule has 0 amide bonds. The summed E-state index contributed by atoms with van der Waals surface area (Å²) in [6, 6.07) is 5.85. The molecule has 3 atom stereocenters. The van der Waals surface area contributed by atoms with E-state index in [2.05, 4.69) is 15.4 Å². The Morgan fingerprint density at radius 3 is 2.23 bits per heavy atom. The van der Waals surface area contributed by atoms with Gasteiger partial charge < -0.3 is 19.3 Å². The fourth-order valence-electron chi connectivity index (χ4n) is 4.21. The zero-order chi connectivity index (χ0) is 29.2. The second kappa shape index (κ2) is 11.7.